The molecule has 8 nitrogen and oxygen atoms in total. The third-order valence-corrected chi connectivity index (χ3v) is 5.85. The Bertz CT molecular complexity index is 1050. The van der Waals surface area contributed by atoms with Gasteiger partial charge >= 0.3 is 11.7 Å². The van der Waals surface area contributed by atoms with Crippen molar-refractivity contribution in [3.05, 3.63) is 44.1 Å². The molecule has 1 N–H and O–H groups in total. The minimum Gasteiger partial charge on any atom is -0.462 e. The summed E-state index contributed by atoms with van der Waals surface area (Å²) in [5, 5.41) is 9.01. The first-order valence-electron chi connectivity index (χ1n) is 8.65. The van der Waals surface area contributed by atoms with E-state index in [2.05, 4.69) is 10.4 Å². The highest BCUT2D eigenvalue weighted by atomic mass is 32.1. The van der Waals surface area contributed by atoms with Gasteiger partial charge in [0, 0.05) is 4.88 Å². The molecule has 0 saturated carbocycles. The zero-order valence-corrected chi connectivity index (χ0v) is 17.2. The number of carbonyl (C=O) groups excluding carboxylic acids is 2. The maximum absolute atomic E-state index is 12.5. The molecule has 148 valence electrons. The van der Waals surface area contributed by atoms with Crippen molar-refractivity contribution in [1.82, 2.24) is 9.78 Å². The molecule has 28 heavy (non-hydrogen) atoms. The molecule has 0 unspecified atom stereocenters. The average Bonchev–Trinajstić information content (AvgIpc) is 3.35. The molecule has 0 aliphatic heterocycles. The molecule has 3 aromatic heterocycles. The first kappa shape index (κ1) is 20.0. The Labute approximate surface area is 168 Å². The van der Waals surface area contributed by atoms with E-state index in [1.165, 1.54) is 22.7 Å². The number of anilines is 1. The second-order valence-corrected chi connectivity index (χ2v) is 7.94. The quantitative estimate of drug-likeness (QED) is 0.587. The van der Waals surface area contributed by atoms with Gasteiger partial charge in [-0.05, 0) is 37.3 Å². The Balaban J connectivity index is 1.81. The van der Waals surface area contributed by atoms with Gasteiger partial charge in [0.1, 0.15) is 11.5 Å². The van der Waals surface area contributed by atoms with Crippen LogP contribution in [-0.4, -0.2) is 28.3 Å². The van der Waals surface area contributed by atoms with Gasteiger partial charge in [0.25, 0.3) is 5.89 Å². The Morgan fingerprint density at radius 2 is 2.14 bits per heavy atom. The molecule has 0 radical (unpaired) electrons. The summed E-state index contributed by atoms with van der Waals surface area (Å²) in [6, 6.07) is 3.58. The minimum atomic E-state index is -0.722. The van der Waals surface area contributed by atoms with Crippen molar-refractivity contribution in [3.8, 4) is 10.8 Å². The van der Waals surface area contributed by atoms with Gasteiger partial charge in [0.15, 0.2) is 0 Å². The van der Waals surface area contributed by atoms with Crippen molar-refractivity contribution >= 4 is 39.6 Å². The number of carbonyl (C=O) groups is 2. The van der Waals surface area contributed by atoms with Crippen LogP contribution in [0.3, 0.4) is 0 Å². The summed E-state index contributed by atoms with van der Waals surface area (Å²) in [5.74, 6) is -1.51. The number of ether oxygens (including phenoxy) is 1. The maximum atomic E-state index is 12.5. The van der Waals surface area contributed by atoms with Crippen LogP contribution < -0.4 is 11.1 Å². The monoisotopic (exact) mass is 421 g/mol. The van der Waals surface area contributed by atoms with E-state index in [1.807, 2.05) is 25.3 Å². The highest BCUT2D eigenvalue weighted by Crippen LogP contribution is 2.34. The van der Waals surface area contributed by atoms with Crippen molar-refractivity contribution in [3.63, 3.8) is 0 Å². The van der Waals surface area contributed by atoms with Crippen LogP contribution in [0.1, 0.15) is 34.6 Å². The number of aromatic nitrogens is 2. The van der Waals surface area contributed by atoms with Crippen LogP contribution in [-0.2, 0) is 22.5 Å². The predicted octanol–water partition coefficient (Wildman–Crippen LogP) is 3.31. The first-order valence-corrected chi connectivity index (χ1v) is 10.3. The van der Waals surface area contributed by atoms with E-state index in [4.69, 9.17) is 9.15 Å². The molecule has 0 atom stereocenters. The lowest BCUT2D eigenvalue weighted by atomic mass is 10.1. The molecule has 0 saturated heterocycles. The third-order valence-electron chi connectivity index (χ3n) is 3.93. The molecule has 0 aliphatic rings. The zero-order valence-electron chi connectivity index (χ0n) is 15.6. The van der Waals surface area contributed by atoms with Crippen LogP contribution >= 0.6 is 22.7 Å². The van der Waals surface area contributed by atoms with Gasteiger partial charge in [-0.2, -0.15) is 4.68 Å². The highest BCUT2D eigenvalue weighted by Gasteiger charge is 2.24. The second-order valence-electron chi connectivity index (χ2n) is 5.77. The Morgan fingerprint density at radius 3 is 2.79 bits per heavy atom. The largest absolute Gasteiger partial charge is 0.462 e. The number of amides is 1. The number of hydrogen-bond acceptors (Lipinski definition) is 8. The predicted molar refractivity (Wildman–Crippen MR) is 107 cm³/mol. The van der Waals surface area contributed by atoms with Crippen molar-refractivity contribution < 1.29 is 18.7 Å². The molecule has 0 aromatic carbocycles. The summed E-state index contributed by atoms with van der Waals surface area (Å²) in [5.41, 5.74) is 1.21. The molecule has 10 heteroatoms. The summed E-state index contributed by atoms with van der Waals surface area (Å²) in [6.07, 6.45) is 0.638. The van der Waals surface area contributed by atoms with Gasteiger partial charge < -0.3 is 14.5 Å². The zero-order chi connectivity index (χ0) is 20.3. The highest BCUT2D eigenvalue weighted by molar-refractivity contribution is 7.16. The molecule has 0 aliphatic carbocycles. The lowest BCUT2D eigenvalue weighted by Gasteiger charge is -2.07. The Hall–Kier alpha value is -2.72. The summed E-state index contributed by atoms with van der Waals surface area (Å²) in [6.45, 7) is 5.46. The van der Waals surface area contributed by atoms with Crippen molar-refractivity contribution in [2.75, 3.05) is 11.9 Å². The van der Waals surface area contributed by atoms with Crippen LogP contribution in [0.2, 0.25) is 0 Å². The van der Waals surface area contributed by atoms with Gasteiger partial charge in [-0.15, -0.1) is 27.8 Å². The fourth-order valence-corrected chi connectivity index (χ4v) is 4.51. The average molecular weight is 422 g/mol. The molecule has 3 rings (SSSR count). The van der Waals surface area contributed by atoms with Crippen molar-refractivity contribution in [2.45, 2.75) is 33.7 Å². The van der Waals surface area contributed by atoms with E-state index in [-0.39, 0.29) is 19.0 Å². The number of rotatable bonds is 7. The summed E-state index contributed by atoms with van der Waals surface area (Å²) in [7, 11) is 0. The van der Waals surface area contributed by atoms with Crippen LogP contribution in [0.5, 0.6) is 0 Å². The molecular weight excluding hydrogens is 402 g/mol. The Morgan fingerprint density at radius 1 is 1.36 bits per heavy atom. The number of aryl methyl sites for hydroxylation is 1. The molecule has 0 spiro atoms. The number of esters is 1. The van der Waals surface area contributed by atoms with Gasteiger partial charge in [0.05, 0.1) is 17.0 Å². The van der Waals surface area contributed by atoms with E-state index >= 15 is 0 Å². The molecule has 1 amide bonds. The molecular formula is C18H19N3O5S2. The smallest absolute Gasteiger partial charge is 0.437 e. The van der Waals surface area contributed by atoms with Crippen LogP contribution in [0.25, 0.3) is 10.8 Å². The molecule has 0 fully saturated rings. The third kappa shape index (κ3) is 4.07. The molecule has 3 heterocycles. The van der Waals surface area contributed by atoms with Crippen LogP contribution in [0.15, 0.2) is 26.7 Å². The number of nitrogens with one attached hydrogen (secondary N) is 1. The van der Waals surface area contributed by atoms with E-state index in [0.717, 1.165) is 15.1 Å². The van der Waals surface area contributed by atoms with Crippen LogP contribution in [0.4, 0.5) is 5.00 Å². The lowest BCUT2D eigenvalue weighted by Crippen LogP contribution is -2.26. The summed E-state index contributed by atoms with van der Waals surface area (Å²) in [4.78, 5) is 38.4. The van der Waals surface area contributed by atoms with E-state index in [9.17, 15) is 14.4 Å². The maximum Gasteiger partial charge on any atom is 0.437 e. The topological polar surface area (TPSA) is 103 Å². The van der Waals surface area contributed by atoms with Crippen LogP contribution in [0, 0.1) is 6.92 Å². The normalized spacial score (nSPS) is 10.8. The molecule has 0 bridgehead atoms. The fourth-order valence-electron chi connectivity index (χ4n) is 2.72. The minimum absolute atomic E-state index is 0.167. The summed E-state index contributed by atoms with van der Waals surface area (Å²) >= 11 is 2.68. The summed E-state index contributed by atoms with van der Waals surface area (Å²) < 4.78 is 11.2. The van der Waals surface area contributed by atoms with Gasteiger partial charge in [-0.3, -0.25) is 4.79 Å². The fraction of sp³-hybridized carbons (Fsp3) is 0.333. The SMILES string of the molecule is CCOC(=O)c1c(NC(=O)Cn2nc(-c3cccs3)oc2=O)sc(C)c1CC. The number of thiophene rings is 2. The Kier molecular flexibility index (Phi) is 6.10. The molecule has 3 aromatic rings. The van der Waals surface area contributed by atoms with E-state index in [1.54, 1.807) is 13.0 Å². The number of hydrogen-bond donors (Lipinski definition) is 1. The van der Waals surface area contributed by atoms with E-state index < -0.39 is 17.6 Å². The lowest BCUT2D eigenvalue weighted by molar-refractivity contribution is -0.117. The second kappa shape index (κ2) is 8.53. The van der Waals surface area contributed by atoms with Crippen molar-refractivity contribution in [2.24, 2.45) is 0 Å². The first-order chi connectivity index (χ1) is 13.4. The van der Waals surface area contributed by atoms with Gasteiger partial charge in [0.2, 0.25) is 5.91 Å². The van der Waals surface area contributed by atoms with Gasteiger partial charge in [-0.1, -0.05) is 13.0 Å². The van der Waals surface area contributed by atoms with E-state index in [0.29, 0.717) is 21.9 Å². The number of nitrogens with zero attached hydrogens (tertiary/aromatic N) is 2. The van der Waals surface area contributed by atoms with Gasteiger partial charge in [-0.25, -0.2) is 9.59 Å². The standard InChI is InChI=1S/C18H19N3O5S2/c1-4-11-10(3)28-16(14(11)17(23)25-5-2)19-13(22)9-21-18(24)26-15(20-21)12-7-6-8-27-12/h6-8H,4-5,9H2,1-3H3,(H,19,22). The van der Waals surface area contributed by atoms with Crippen molar-refractivity contribution in [1.29, 1.82) is 0 Å².